The monoisotopic (exact) mass is 521 g/mol. The minimum absolute atomic E-state index is 0.190. The van der Waals surface area contributed by atoms with E-state index in [0.717, 1.165) is 0 Å². The van der Waals surface area contributed by atoms with Crippen LogP contribution in [0.1, 0.15) is 42.3 Å². The molecule has 3 rings (SSSR count). The number of morpholine rings is 1. The van der Waals surface area contributed by atoms with Crippen LogP contribution in [0.2, 0.25) is 0 Å². The Bertz CT molecular complexity index is 1150. The van der Waals surface area contributed by atoms with Crippen molar-refractivity contribution in [1.82, 2.24) is 25.7 Å². The van der Waals surface area contributed by atoms with Gasteiger partial charge in [-0.05, 0) is 12.0 Å². The lowest BCUT2D eigenvalue weighted by Crippen LogP contribution is -2.57. The number of urea groups is 1. The van der Waals surface area contributed by atoms with E-state index in [4.69, 9.17) is 9.26 Å². The first-order valence-corrected chi connectivity index (χ1v) is 13.6. The zero-order chi connectivity index (χ0) is 26.1. The number of aryl methyl sites for hydroxylation is 1. The molecule has 3 amide bonds. The predicted molar refractivity (Wildman–Crippen MR) is 129 cm³/mol. The molecule has 0 unspecified atom stereocenters. The zero-order valence-electron chi connectivity index (χ0n) is 20.3. The summed E-state index contributed by atoms with van der Waals surface area (Å²) < 4.78 is 36.1. The Labute approximate surface area is 209 Å². The van der Waals surface area contributed by atoms with Crippen molar-refractivity contribution >= 4 is 27.6 Å². The molecular formula is C23H31N5O7S. The van der Waals surface area contributed by atoms with Gasteiger partial charge in [0, 0.05) is 19.5 Å². The fourth-order valence-corrected chi connectivity index (χ4v) is 5.16. The SMILES string of the molecule is CCc1noc(C(=O)[C@@H](CC)NC(=O)[C@H](CS(=O)(=O)Cc2ccccc2)NC(=O)N2CCOCC2)n1. The third-order valence-electron chi connectivity index (χ3n) is 5.60. The molecule has 1 fully saturated rings. The molecule has 0 saturated carbocycles. The van der Waals surface area contributed by atoms with Crippen molar-refractivity contribution in [1.29, 1.82) is 0 Å². The molecule has 1 aromatic heterocycles. The van der Waals surface area contributed by atoms with Gasteiger partial charge in [0.25, 0.3) is 5.89 Å². The topological polar surface area (TPSA) is 161 Å². The van der Waals surface area contributed by atoms with Crippen LogP contribution in [0, 0.1) is 0 Å². The molecular weight excluding hydrogens is 490 g/mol. The maximum Gasteiger partial charge on any atom is 0.318 e. The third-order valence-corrected chi connectivity index (χ3v) is 7.21. The molecule has 196 valence electrons. The van der Waals surface area contributed by atoms with Gasteiger partial charge in [-0.1, -0.05) is 49.3 Å². The summed E-state index contributed by atoms with van der Waals surface area (Å²) in [5.74, 6) is -2.24. The number of carbonyl (C=O) groups is 3. The van der Waals surface area contributed by atoms with Gasteiger partial charge in [0.1, 0.15) is 6.04 Å². The maximum absolute atomic E-state index is 13.2. The highest BCUT2D eigenvalue weighted by atomic mass is 32.2. The van der Waals surface area contributed by atoms with Gasteiger partial charge in [-0.2, -0.15) is 4.98 Å². The molecule has 2 atom stereocenters. The first-order valence-electron chi connectivity index (χ1n) is 11.8. The number of nitrogens with zero attached hydrogens (tertiary/aromatic N) is 3. The lowest BCUT2D eigenvalue weighted by molar-refractivity contribution is -0.123. The number of ketones is 1. The van der Waals surface area contributed by atoms with Crippen LogP contribution in [0.3, 0.4) is 0 Å². The summed E-state index contributed by atoms with van der Waals surface area (Å²) in [6, 6.07) is 5.48. The Morgan fingerprint density at radius 2 is 1.75 bits per heavy atom. The van der Waals surface area contributed by atoms with Gasteiger partial charge in [0.2, 0.25) is 11.7 Å². The minimum atomic E-state index is -3.81. The van der Waals surface area contributed by atoms with E-state index in [0.29, 0.717) is 44.1 Å². The van der Waals surface area contributed by atoms with Gasteiger partial charge in [-0.25, -0.2) is 13.2 Å². The summed E-state index contributed by atoms with van der Waals surface area (Å²) in [6.07, 6.45) is 0.657. The minimum Gasteiger partial charge on any atom is -0.378 e. The van der Waals surface area contributed by atoms with Crippen LogP contribution in [0.4, 0.5) is 4.79 Å². The number of benzene rings is 1. The molecule has 1 aromatic carbocycles. The van der Waals surface area contributed by atoms with Gasteiger partial charge in [-0.3, -0.25) is 9.59 Å². The summed E-state index contributed by atoms with van der Waals surface area (Å²) in [4.78, 5) is 44.3. The van der Waals surface area contributed by atoms with E-state index in [1.54, 1.807) is 44.2 Å². The standard InChI is InChI=1S/C23H31N5O7S/c1-3-17(20(29)22-26-19(4-2)27-35-22)24-21(30)18(25-23(31)28-10-12-34-13-11-28)15-36(32,33)14-16-8-6-5-7-9-16/h5-9,17-18H,3-4,10-15H2,1-2H3,(H,24,30)(H,25,31)/t17-,18+/m1/s1. The number of hydrogen-bond donors (Lipinski definition) is 2. The van der Waals surface area contributed by atoms with E-state index in [1.807, 2.05) is 0 Å². The van der Waals surface area contributed by atoms with Crippen LogP contribution >= 0.6 is 0 Å². The van der Waals surface area contributed by atoms with Crippen LogP contribution < -0.4 is 10.6 Å². The smallest absolute Gasteiger partial charge is 0.318 e. The van der Waals surface area contributed by atoms with E-state index < -0.39 is 45.4 Å². The Hall–Kier alpha value is -3.32. The molecule has 0 spiro atoms. The number of Topliss-reactive ketones (excluding diaryl/α,β-unsaturated/α-hetero) is 1. The summed E-state index contributed by atoms with van der Waals surface area (Å²) in [7, 11) is -3.81. The number of rotatable bonds is 11. The molecule has 36 heavy (non-hydrogen) atoms. The summed E-state index contributed by atoms with van der Waals surface area (Å²) >= 11 is 0. The fraction of sp³-hybridized carbons (Fsp3) is 0.522. The quantitative estimate of drug-likeness (QED) is 0.406. The number of hydrogen-bond acceptors (Lipinski definition) is 9. The second kappa shape index (κ2) is 12.6. The highest BCUT2D eigenvalue weighted by molar-refractivity contribution is 7.90. The molecule has 0 aliphatic carbocycles. The van der Waals surface area contributed by atoms with Crippen LogP contribution in [0.5, 0.6) is 0 Å². The van der Waals surface area contributed by atoms with Crippen molar-refractivity contribution in [2.45, 2.75) is 44.5 Å². The third kappa shape index (κ3) is 7.59. The lowest BCUT2D eigenvalue weighted by atomic mass is 10.1. The highest BCUT2D eigenvalue weighted by Gasteiger charge is 2.33. The molecule has 0 radical (unpaired) electrons. The van der Waals surface area contributed by atoms with Crippen molar-refractivity contribution < 1.29 is 32.1 Å². The maximum atomic E-state index is 13.2. The van der Waals surface area contributed by atoms with E-state index >= 15 is 0 Å². The van der Waals surface area contributed by atoms with Crippen LogP contribution in [-0.4, -0.2) is 85.3 Å². The van der Waals surface area contributed by atoms with Gasteiger partial charge < -0.3 is 24.8 Å². The fourth-order valence-electron chi connectivity index (χ4n) is 3.60. The van der Waals surface area contributed by atoms with Gasteiger partial charge in [0.15, 0.2) is 15.7 Å². The van der Waals surface area contributed by atoms with Crippen molar-refractivity contribution in [2.24, 2.45) is 0 Å². The van der Waals surface area contributed by atoms with Crippen molar-refractivity contribution in [3.63, 3.8) is 0 Å². The zero-order valence-corrected chi connectivity index (χ0v) is 21.1. The van der Waals surface area contributed by atoms with Crippen LogP contribution in [0.15, 0.2) is 34.9 Å². The number of amides is 3. The molecule has 1 saturated heterocycles. The first-order chi connectivity index (χ1) is 17.2. The summed E-state index contributed by atoms with van der Waals surface area (Å²) in [5.41, 5.74) is 0.556. The number of nitrogens with one attached hydrogen (secondary N) is 2. The van der Waals surface area contributed by atoms with E-state index in [9.17, 15) is 22.8 Å². The summed E-state index contributed by atoms with van der Waals surface area (Å²) in [5, 5.41) is 8.77. The van der Waals surface area contributed by atoms with Gasteiger partial charge >= 0.3 is 6.03 Å². The number of carbonyl (C=O) groups excluding carboxylic acids is 3. The highest BCUT2D eigenvalue weighted by Crippen LogP contribution is 2.10. The second-order valence-electron chi connectivity index (χ2n) is 8.34. The van der Waals surface area contributed by atoms with Crippen LogP contribution in [-0.2, 0) is 31.5 Å². The molecule has 1 aliphatic heterocycles. The average molecular weight is 522 g/mol. The molecule has 1 aliphatic rings. The van der Waals surface area contributed by atoms with Crippen molar-refractivity contribution in [3.05, 3.63) is 47.6 Å². The molecule has 13 heteroatoms. The Kier molecular flexibility index (Phi) is 9.53. The van der Waals surface area contributed by atoms with E-state index in [-0.39, 0.29) is 18.1 Å². The molecule has 0 bridgehead atoms. The predicted octanol–water partition coefficient (Wildman–Crippen LogP) is 0.735. The molecule has 2 aromatic rings. The van der Waals surface area contributed by atoms with E-state index in [1.165, 1.54) is 4.90 Å². The Balaban J connectivity index is 1.76. The average Bonchev–Trinajstić information content (AvgIpc) is 3.36. The van der Waals surface area contributed by atoms with Gasteiger partial charge in [0.05, 0.1) is 30.8 Å². The molecule has 12 nitrogen and oxygen atoms in total. The van der Waals surface area contributed by atoms with Crippen molar-refractivity contribution in [3.8, 4) is 0 Å². The van der Waals surface area contributed by atoms with Crippen LogP contribution in [0.25, 0.3) is 0 Å². The molecule has 2 heterocycles. The number of sulfone groups is 1. The van der Waals surface area contributed by atoms with Gasteiger partial charge in [-0.15, -0.1) is 0 Å². The van der Waals surface area contributed by atoms with E-state index in [2.05, 4.69) is 20.8 Å². The lowest BCUT2D eigenvalue weighted by Gasteiger charge is -2.29. The molecule has 2 N–H and O–H groups in total. The second-order valence-corrected chi connectivity index (χ2v) is 10.5. The largest absolute Gasteiger partial charge is 0.378 e. The normalized spacial score (nSPS) is 15.7. The number of ether oxygens (including phenoxy) is 1. The first kappa shape index (κ1) is 27.3. The summed E-state index contributed by atoms with van der Waals surface area (Å²) in [6.45, 7) is 4.77. The Morgan fingerprint density at radius 3 is 2.36 bits per heavy atom. The number of aromatic nitrogens is 2. The Morgan fingerprint density at radius 1 is 1.06 bits per heavy atom. The van der Waals surface area contributed by atoms with Crippen molar-refractivity contribution in [2.75, 3.05) is 32.1 Å².